The maximum absolute atomic E-state index is 6.25. The van der Waals surface area contributed by atoms with Gasteiger partial charge in [-0.05, 0) is 42.7 Å². The number of aromatic amines is 1. The van der Waals surface area contributed by atoms with Crippen LogP contribution in [-0.2, 0) is 6.54 Å². The normalized spacial score (nSPS) is 14.5. The Kier molecular flexibility index (Phi) is 3.94. The standard InChI is InChI=1S/C21H19ClN6/c1-12-4-3-9-28(12)11-17-26-18-15-7-6-13(14-5-2-8-24-20(14)22)10-16(15)25-21(23)19(18)27-17/h2,5-8,10H,1,3-4,9,11H2,(H2,23,25)(H,26,27). The molecule has 0 saturated carbocycles. The molecular weight excluding hydrogens is 372 g/mol. The lowest BCUT2D eigenvalue weighted by atomic mass is 10.0. The third kappa shape index (κ3) is 2.77. The van der Waals surface area contributed by atoms with Crippen molar-refractivity contribution in [2.75, 3.05) is 12.3 Å². The van der Waals surface area contributed by atoms with Gasteiger partial charge in [0.05, 0.1) is 12.1 Å². The molecule has 7 heteroatoms. The van der Waals surface area contributed by atoms with E-state index in [1.165, 1.54) is 0 Å². The van der Waals surface area contributed by atoms with Crippen LogP contribution in [0.15, 0.2) is 48.8 Å². The second-order valence-electron chi connectivity index (χ2n) is 7.07. The number of nitrogens with one attached hydrogen (secondary N) is 1. The van der Waals surface area contributed by atoms with E-state index in [-0.39, 0.29) is 0 Å². The van der Waals surface area contributed by atoms with Crippen LogP contribution in [0.25, 0.3) is 33.1 Å². The van der Waals surface area contributed by atoms with Crippen molar-refractivity contribution in [3.05, 3.63) is 59.8 Å². The van der Waals surface area contributed by atoms with E-state index in [2.05, 4.69) is 26.4 Å². The van der Waals surface area contributed by atoms with Gasteiger partial charge in [-0.2, -0.15) is 0 Å². The average Bonchev–Trinajstić information content (AvgIpc) is 3.29. The van der Waals surface area contributed by atoms with Gasteiger partial charge in [0.25, 0.3) is 0 Å². The number of rotatable bonds is 3. The van der Waals surface area contributed by atoms with Gasteiger partial charge in [0.15, 0.2) is 0 Å². The van der Waals surface area contributed by atoms with Gasteiger partial charge in [-0.15, -0.1) is 0 Å². The van der Waals surface area contributed by atoms with Crippen LogP contribution in [0.3, 0.4) is 0 Å². The number of hydrogen-bond donors (Lipinski definition) is 2. The first kappa shape index (κ1) is 17.0. The predicted octanol–water partition coefficient (Wildman–Crippen LogP) is 4.52. The van der Waals surface area contributed by atoms with Crippen LogP contribution >= 0.6 is 11.6 Å². The Morgan fingerprint density at radius 2 is 2.14 bits per heavy atom. The molecule has 6 nitrogen and oxygen atoms in total. The number of pyridine rings is 2. The first-order valence-electron chi connectivity index (χ1n) is 9.21. The zero-order chi connectivity index (χ0) is 19.3. The summed E-state index contributed by atoms with van der Waals surface area (Å²) in [5.41, 5.74) is 11.6. The number of hydrogen-bond acceptors (Lipinski definition) is 5. The molecule has 0 bridgehead atoms. The van der Waals surface area contributed by atoms with Gasteiger partial charge in [-0.1, -0.05) is 24.2 Å². The summed E-state index contributed by atoms with van der Waals surface area (Å²) in [5, 5.41) is 1.42. The number of nitrogens with zero attached hydrogens (tertiary/aromatic N) is 4. The summed E-state index contributed by atoms with van der Waals surface area (Å²) in [4.78, 5) is 19.2. The first-order chi connectivity index (χ1) is 13.6. The number of fused-ring (bicyclic) bond motifs is 3. The molecular formula is C21H19ClN6. The Balaban J connectivity index is 1.61. The van der Waals surface area contributed by atoms with Crippen molar-refractivity contribution in [3.63, 3.8) is 0 Å². The van der Waals surface area contributed by atoms with Crippen molar-refractivity contribution in [3.8, 4) is 11.1 Å². The summed E-state index contributed by atoms with van der Waals surface area (Å²) >= 11 is 6.25. The number of nitrogens with two attached hydrogens (primary N) is 1. The minimum absolute atomic E-state index is 0.441. The molecule has 1 aliphatic heterocycles. The lowest BCUT2D eigenvalue weighted by Crippen LogP contribution is -2.17. The molecule has 1 aliphatic rings. The molecule has 0 radical (unpaired) electrons. The molecule has 0 amide bonds. The van der Waals surface area contributed by atoms with Crippen LogP contribution in [0, 0.1) is 0 Å². The highest BCUT2D eigenvalue weighted by molar-refractivity contribution is 6.32. The lowest BCUT2D eigenvalue weighted by molar-refractivity contribution is 0.378. The molecule has 0 unspecified atom stereocenters. The molecule has 28 heavy (non-hydrogen) atoms. The van der Waals surface area contributed by atoms with Crippen molar-refractivity contribution in [1.29, 1.82) is 0 Å². The molecule has 140 valence electrons. The van der Waals surface area contributed by atoms with E-state index in [4.69, 9.17) is 22.3 Å². The number of allylic oxidation sites excluding steroid dienone is 1. The fraction of sp³-hybridized carbons (Fsp3) is 0.190. The van der Waals surface area contributed by atoms with Gasteiger partial charge in [-0.25, -0.2) is 15.0 Å². The van der Waals surface area contributed by atoms with Crippen molar-refractivity contribution >= 4 is 39.4 Å². The molecule has 4 heterocycles. The summed E-state index contributed by atoms with van der Waals surface area (Å²) in [6, 6.07) is 9.81. The van der Waals surface area contributed by atoms with E-state index in [9.17, 15) is 0 Å². The molecule has 3 N–H and O–H groups in total. The quantitative estimate of drug-likeness (QED) is 0.502. The SMILES string of the molecule is C=C1CCCN1Cc1nc2c([nH]1)c(N)nc1cc(-c3cccnc3Cl)ccc12. The van der Waals surface area contributed by atoms with Crippen molar-refractivity contribution in [2.24, 2.45) is 0 Å². The summed E-state index contributed by atoms with van der Waals surface area (Å²) in [6.45, 7) is 5.85. The van der Waals surface area contributed by atoms with E-state index in [1.54, 1.807) is 6.20 Å². The summed E-state index contributed by atoms with van der Waals surface area (Å²) in [6.07, 6.45) is 3.87. The molecule has 3 aromatic heterocycles. The number of halogens is 1. The monoisotopic (exact) mass is 390 g/mol. The van der Waals surface area contributed by atoms with Gasteiger partial charge in [0, 0.05) is 29.4 Å². The van der Waals surface area contributed by atoms with Crippen LogP contribution in [0.2, 0.25) is 5.15 Å². The van der Waals surface area contributed by atoms with Crippen molar-refractivity contribution in [1.82, 2.24) is 24.8 Å². The molecule has 4 aromatic rings. The number of imidazole rings is 1. The third-order valence-electron chi connectivity index (χ3n) is 5.25. The van der Waals surface area contributed by atoms with Crippen LogP contribution in [0.5, 0.6) is 0 Å². The average molecular weight is 391 g/mol. The zero-order valence-electron chi connectivity index (χ0n) is 15.2. The summed E-state index contributed by atoms with van der Waals surface area (Å²) in [7, 11) is 0. The highest BCUT2D eigenvalue weighted by Crippen LogP contribution is 2.32. The van der Waals surface area contributed by atoms with Crippen LogP contribution < -0.4 is 5.73 Å². The number of anilines is 1. The number of benzene rings is 1. The Labute approximate surface area is 167 Å². The number of H-pyrrole nitrogens is 1. The molecule has 0 aliphatic carbocycles. The van der Waals surface area contributed by atoms with Crippen molar-refractivity contribution < 1.29 is 0 Å². The highest BCUT2D eigenvalue weighted by Gasteiger charge is 2.18. The Bertz CT molecular complexity index is 1230. The molecule has 0 spiro atoms. The third-order valence-corrected chi connectivity index (χ3v) is 5.56. The highest BCUT2D eigenvalue weighted by atomic mass is 35.5. The minimum atomic E-state index is 0.441. The predicted molar refractivity (Wildman–Crippen MR) is 113 cm³/mol. The van der Waals surface area contributed by atoms with Crippen LogP contribution in [0.1, 0.15) is 18.7 Å². The molecule has 1 fully saturated rings. The van der Waals surface area contributed by atoms with Crippen molar-refractivity contribution in [2.45, 2.75) is 19.4 Å². The first-order valence-corrected chi connectivity index (χ1v) is 9.59. The van der Waals surface area contributed by atoms with E-state index in [1.807, 2.05) is 30.3 Å². The topological polar surface area (TPSA) is 83.7 Å². The zero-order valence-corrected chi connectivity index (χ0v) is 16.0. The second kappa shape index (κ2) is 6.49. The fourth-order valence-electron chi connectivity index (χ4n) is 3.82. The van der Waals surface area contributed by atoms with Crippen LogP contribution in [-0.4, -0.2) is 31.4 Å². The van der Waals surface area contributed by atoms with Gasteiger partial charge in [-0.3, -0.25) is 0 Å². The fourth-order valence-corrected chi connectivity index (χ4v) is 4.05. The number of likely N-dealkylation sites (tertiary alicyclic amines) is 1. The van der Waals surface area contributed by atoms with Gasteiger partial charge < -0.3 is 15.6 Å². The smallest absolute Gasteiger partial charge is 0.150 e. The summed E-state index contributed by atoms with van der Waals surface area (Å²) in [5.74, 6) is 1.31. The number of aromatic nitrogens is 4. The lowest BCUT2D eigenvalue weighted by Gasteiger charge is -2.16. The minimum Gasteiger partial charge on any atom is -0.382 e. The number of nitrogen functional groups attached to an aromatic ring is 1. The maximum atomic E-state index is 6.25. The van der Waals surface area contributed by atoms with E-state index in [0.29, 0.717) is 17.5 Å². The molecule has 5 rings (SSSR count). The second-order valence-corrected chi connectivity index (χ2v) is 7.43. The molecule has 1 aromatic carbocycles. The Morgan fingerprint density at radius 1 is 1.25 bits per heavy atom. The van der Waals surface area contributed by atoms with E-state index >= 15 is 0 Å². The van der Waals surface area contributed by atoms with Gasteiger partial charge in [0.1, 0.15) is 27.8 Å². The van der Waals surface area contributed by atoms with Gasteiger partial charge >= 0.3 is 0 Å². The van der Waals surface area contributed by atoms with E-state index < -0.39 is 0 Å². The molecule has 0 atom stereocenters. The molecule has 1 saturated heterocycles. The van der Waals surface area contributed by atoms with E-state index in [0.717, 1.165) is 64.0 Å². The largest absolute Gasteiger partial charge is 0.382 e. The maximum Gasteiger partial charge on any atom is 0.150 e. The van der Waals surface area contributed by atoms with Gasteiger partial charge in [0.2, 0.25) is 0 Å². The Hall–Kier alpha value is -3.12. The Morgan fingerprint density at radius 3 is 2.93 bits per heavy atom. The van der Waals surface area contributed by atoms with Crippen LogP contribution in [0.4, 0.5) is 5.82 Å². The summed E-state index contributed by atoms with van der Waals surface area (Å²) < 4.78 is 0.